The van der Waals surface area contributed by atoms with E-state index in [1.54, 1.807) is 0 Å². The van der Waals surface area contributed by atoms with Crippen LogP contribution >= 0.6 is 0 Å². The van der Waals surface area contributed by atoms with Crippen molar-refractivity contribution in [2.24, 2.45) is 0 Å². The lowest BCUT2D eigenvalue weighted by atomic mass is 10.3. The van der Waals surface area contributed by atoms with E-state index in [9.17, 15) is 20.0 Å². The Bertz CT molecular complexity index is 444. The number of hydrogen-bond acceptors (Lipinski definition) is 5. The Morgan fingerprint density at radius 1 is 1.71 bits per heavy atom. The van der Waals surface area contributed by atoms with Crippen LogP contribution in [-0.2, 0) is 11.3 Å². The second-order valence-corrected chi connectivity index (χ2v) is 3.94. The third-order valence-electron chi connectivity index (χ3n) is 2.64. The molecule has 1 aromatic heterocycles. The lowest BCUT2D eigenvalue weighted by Crippen LogP contribution is -2.32. The molecule has 1 aromatic rings. The second kappa shape index (κ2) is 4.50. The Kier molecular flexibility index (Phi) is 3.05. The van der Waals surface area contributed by atoms with Crippen molar-refractivity contribution < 1.29 is 14.8 Å². The van der Waals surface area contributed by atoms with Crippen molar-refractivity contribution in [1.82, 2.24) is 14.7 Å². The molecule has 8 nitrogen and oxygen atoms in total. The van der Waals surface area contributed by atoms with Gasteiger partial charge in [0.05, 0.1) is 11.0 Å². The first-order valence-electron chi connectivity index (χ1n) is 5.19. The molecule has 1 aliphatic heterocycles. The van der Waals surface area contributed by atoms with Crippen LogP contribution in [0.3, 0.4) is 0 Å². The summed E-state index contributed by atoms with van der Waals surface area (Å²) in [5, 5.41) is 23.4. The Balaban J connectivity index is 1.96. The molecule has 0 unspecified atom stereocenters. The van der Waals surface area contributed by atoms with Crippen molar-refractivity contribution in [3.8, 4) is 0 Å². The van der Waals surface area contributed by atoms with Crippen LogP contribution in [0.5, 0.6) is 0 Å². The van der Waals surface area contributed by atoms with Gasteiger partial charge in [0.2, 0.25) is 5.91 Å². The normalized spacial score (nSPS) is 19.6. The molecule has 1 N–H and O–H groups in total. The van der Waals surface area contributed by atoms with E-state index in [-0.39, 0.29) is 18.1 Å². The van der Waals surface area contributed by atoms with E-state index in [1.807, 2.05) is 0 Å². The van der Waals surface area contributed by atoms with Crippen LogP contribution in [0, 0.1) is 10.1 Å². The summed E-state index contributed by atoms with van der Waals surface area (Å²) >= 11 is 0. The van der Waals surface area contributed by atoms with E-state index in [0.717, 1.165) is 6.20 Å². The Labute approximate surface area is 96.6 Å². The highest BCUT2D eigenvalue weighted by molar-refractivity contribution is 5.76. The lowest BCUT2D eigenvalue weighted by Gasteiger charge is -2.14. The van der Waals surface area contributed by atoms with Gasteiger partial charge in [0.15, 0.2) is 0 Å². The molecule has 1 fully saturated rings. The maximum absolute atomic E-state index is 11.7. The maximum atomic E-state index is 11.7. The van der Waals surface area contributed by atoms with Crippen LogP contribution < -0.4 is 0 Å². The zero-order valence-electron chi connectivity index (χ0n) is 9.02. The number of amides is 1. The third-order valence-corrected chi connectivity index (χ3v) is 2.64. The molecule has 17 heavy (non-hydrogen) atoms. The van der Waals surface area contributed by atoms with Gasteiger partial charge in [0, 0.05) is 13.1 Å². The molecule has 1 saturated heterocycles. The Hall–Kier alpha value is -1.96. The van der Waals surface area contributed by atoms with Crippen LogP contribution in [0.15, 0.2) is 12.4 Å². The van der Waals surface area contributed by atoms with Crippen molar-refractivity contribution >= 4 is 11.6 Å². The van der Waals surface area contributed by atoms with Gasteiger partial charge in [-0.1, -0.05) is 0 Å². The first kappa shape index (κ1) is 11.5. The molecule has 1 atom stereocenters. The van der Waals surface area contributed by atoms with Crippen LogP contribution in [-0.4, -0.2) is 49.8 Å². The van der Waals surface area contributed by atoms with E-state index < -0.39 is 11.0 Å². The van der Waals surface area contributed by atoms with Crippen molar-refractivity contribution in [2.75, 3.05) is 13.1 Å². The topological polar surface area (TPSA) is 102 Å². The van der Waals surface area contributed by atoms with Crippen LogP contribution in [0.4, 0.5) is 5.69 Å². The molecule has 1 aliphatic rings. The quantitative estimate of drug-likeness (QED) is 0.560. The van der Waals surface area contributed by atoms with Gasteiger partial charge < -0.3 is 10.0 Å². The molecule has 1 amide bonds. The second-order valence-electron chi connectivity index (χ2n) is 3.94. The summed E-state index contributed by atoms with van der Waals surface area (Å²) in [5.74, 6) is -0.195. The number of nitrogens with zero attached hydrogens (tertiary/aromatic N) is 4. The van der Waals surface area contributed by atoms with Gasteiger partial charge in [-0.3, -0.25) is 19.6 Å². The highest BCUT2D eigenvalue weighted by Crippen LogP contribution is 2.11. The fourth-order valence-electron chi connectivity index (χ4n) is 1.74. The SMILES string of the molecule is O=C(Cn1cc([N+](=O)[O-])cn1)N1CC[C@H](O)C1. The molecule has 8 heteroatoms. The fourth-order valence-corrected chi connectivity index (χ4v) is 1.74. The molecule has 0 bridgehead atoms. The largest absolute Gasteiger partial charge is 0.391 e. The van der Waals surface area contributed by atoms with E-state index >= 15 is 0 Å². The molecule has 0 aliphatic carbocycles. The summed E-state index contributed by atoms with van der Waals surface area (Å²) in [6, 6.07) is 0. The van der Waals surface area contributed by atoms with Gasteiger partial charge in [-0.05, 0) is 6.42 Å². The number of rotatable bonds is 3. The number of carbonyl (C=O) groups is 1. The van der Waals surface area contributed by atoms with Crippen molar-refractivity contribution in [1.29, 1.82) is 0 Å². The van der Waals surface area contributed by atoms with E-state index in [4.69, 9.17) is 0 Å². The molecule has 2 heterocycles. The average molecular weight is 240 g/mol. The molecule has 92 valence electrons. The lowest BCUT2D eigenvalue weighted by molar-refractivity contribution is -0.385. The number of hydrogen-bond donors (Lipinski definition) is 1. The monoisotopic (exact) mass is 240 g/mol. The van der Waals surface area contributed by atoms with Crippen LogP contribution in [0.25, 0.3) is 0 Å². The Morgan fingerprint density at radius 2 is 2.47 bits per heavy atom. The summed E-state index contributed by atoms with van der Waals surface area (Å²) in [7, 11) is 0. The molecule has 2 rings (SSSR count). The summed E-state index contributed by atoms with van der Waals surface area (Å²) in [5.41, 5.74) is -0.140. The number of aliphatic hydroxyl groups is 1. The minimum atomic E-state index is -0.562. The summed E-state index contributed by atoms with van der Waals surface area (Å²) < 4.78 is 1.23. The first-order valence-corrected chi connectivity index (χ1v) is 5.19. The predicted octanol–water partition coefficient (Wildman–Crippen LogP) is -0.616. The number of likely N-dealkylation sites (tertiary alicyclic amines) is 1. The molecule has 0 spiro atoms. The third kappa shape index (κ3) is 2.59. The van der Waals surface area contributed by atoms with Gasteiger partial charge in [-0.2, -0.15) is 5.10 Å². The highest BCUT2D eigenvalue weighted by Gasteiger charge is 2.24. The molecular weight excluding hydrogens is 228 g/mol. The van der Waals surface area contributed by atoms with Crippen LogP contribution in [0.2, 0.25) is 0 Å². The fraction of sp³-hybridized carbons (Fsp3) is 0.556. The number of aromatic nitrogens is 2. The van der Waals surface area contributed by atoms with Gasteiger partial charge in [0.1, 0.15) is 18.9 Å². The zero-order chi connectivity index (χ0) is 12.4. The van der Waals surface area contributed by atoms with Gasteiger partial charge in [0.25, 0.3) is 0 Å². The summed E-state index contributed by atoms with van der Waals surface area (Å²) in [6.45, 7) is 0.798. The summed E-state index contributed by atoms with van der Waals surface area (Å²) in [4.78, 5) is 23.1. The van der Waals surface area contributed by atoms with E-state index in [2.05, 4.69) is 5.10 Å². The maximum Gasteiger partial charge on any atom is 0.307 e. The van der Waals surface area contributed by atoms with Crippen LogP contribution in [0.1, 0.15) is 6.42 Å². The standard InChI is InChI=1S/C9H12N4O4/c14-8-1-2-11(5-8)9(15)6-12-4-7(3-10-12)13(16)17/h3-4,8,14H,1-2,5-6H2/t8-/m0/s1. The number of nitro groups is 1. The van der Waals surface area contributed by atoms with Crippen molar-refractivity contribution in [3.63, 3.8) is 0 Å². The molecule has 0 aromatic carbocycles. The van der Waals surface area contributed by atoms with Crippen molar-refractivity contribution in [3.05, 3.63) is 22.5 Å². The average Bonchev–Trinajstić information content (AvgIpc) is 2.86. The molecule has 0 radical (unpaired) electrons. The van der Waals surface area contributed by atoms with Gasteiger partial charge >= 0.3 is 5.69 Å². The highest BCUT2D eigenvalue weighted by atomic mass is 16.6. The first-order chi connectivity index (χ1) is 8.06. The smallest absolute Gasteiger partial charge is 0.307 e. The summed E-state index contributed by atoms with van der Waals surface area (Å²) in [6.07, 6.45) is 2.42. The number of β-amino-alcohol motifs (C(OH)–C–C–N with tert-alkyl or cyclic N) is 1. The van der Waals surface area contributed by atoms with Crippen molar-refractivity contribution in [2.45, 2.75) is 19.1 Å². The minimum Gasteiger partial charge on any atom is -0.391 e. The van der Waals surface area contributed by atoms with Gasteiger partial charge in [-0.25, -0.2) is 0 Å². The number of carbonyl (C=O) groups excluding carboxylic acids is 1. The van der Waals surface area contributed by atoms with E-state index in [0.29, 0.717) is 19.5 Å². The minimum absolute atomic E-state index is 0.0411. The van der Waals surface area contributed by atoms with E-state index in [1.165, 1.54) is 15.8 Å². The number of aliphatic hydroxyl groups excluding tert-OH is 1. The molecular formula is C9H12N4O4. The van der Waals surface area contributed by atoms with Gasteiger partial charge in [-0.15, -0.1) is 0 Å². The predicted molar refractivity (Wildman–Crippen MR) is 56.1 cm³/mol. The Morgan fingerprint density at radius 3 is 3.00 bits per heavy atom. The zero-order valence-corrected chi connectivity index (χ0v) is 9.02. The molecule has 0 saturated carbocycles.